The van der Waals surface area contributed by atoms with Crippen molar-refractivity contribution in [2.75, 3.05) is 27.4 Å². The third-order valence-corrected chi connectivity index (χ3v) is 2.57. The van der Waals surface area contributed by atoms with Gasteiger partial charge in [-0.2, -0.15) is 0 Å². The van der Waals surface area contributed by atoms with Crippen molar-refractivity contribution in [3.8, 4) is 11.5 Å². The van der Waals surface area contributed by atoms with E-state index in [4.69, 9.17) is 14.2 Å². The molecule has 0 aromatic heterocycles. The Morgan fingerprint density at radius 1 is 1.28 bits per heavy atom. The van der Waals surface area contributed by atoms with Gasteiger partial charge in [-0.25, -0.2) is 0 Å². The summed E-state index contributed by atoms with van der Waals surface area (Å²) in [4.78, 5) is 0. The molecule has 0 amide bonds. The molecule has 102 valence electrons. The summed E-state index contributed by atoms with van der Waals surface area (Å²) in [6, 6.07) is 5.92. The van der Waals surface area contributed by atoms with Crippen molar-refractivity contribution in [3.63, 3.8) is 0 Å². The minimum absolute atomic E-state index is 0.00771. The van der Waals surface area contributed by atoms with Gasteiger partial charge in [0.05, 0.1) is 13.7 Å². The summed E-state index contributed by atoms with van der Waals surface area (Å²) < 4.78 is 16.4. The van der Waals surface area contributed by atoms with Crippen molar-refractivity contribution in [2.24, 2.45) is 0 Å². The van der Waals surface area contributed by atoms with E-state index in [9.17, 15) is 0 Å². The maximum Gasteiger partial charge on any atom is 0.166 e. The number of rotatable bonds is 8. The van der Waals surface area contributed by atoms with E-state index < -0.39 is 0 Å². The Labute approximate surface area is 109 Å². The molecule has 1 rings (SSSR count). The van der Waals surface area contributed by atoms with Crippen LogP contribution in [0.2, 0.25) is 0 Å². The summed E-state index contributed by atoms with van der Waals surface area (Å²) in [7, 11) is 3.32. The number of hydrogen-bond acceptors (Lipinski definition) is 4. The van der Waals surface area contributed by atoms with Gasteiger partial charge in [-0.05, 0) is 19.5 Å². The van der Waals surface area contributed by atoms with Crippen LogP contribution < -0.4 is 14.8 Å². The van der Waals surface area contributed by atoms with E-state index in [1.165, 1.54) is 0 Å². The second-order valence-electron chi connectivity index (χ2n) is 4.11. The molecule has 0 aliphatic heterocycles. The predicted molar refractivity (Wildman–Crippen MR) is 72.3 cm³/mol. The summed E-state index contributed by atoms with van der Waals surface area (Å²) in [5, 5.41) is 3.29. The van der Waals surface area contributed by atoms with Gasteiger partial charge in [-0.3, -0.25) is 0 Å². The van der Waals surface area contributed by atoms with Gasteiger partial charge in [-0.1, -0.05) is 19.1 Å². The van der Waals surface area contributed by atoms with Crippen molar-refractivity contribution in [3.05, 3.63) is 23.8 Å². The first kappa shape index (κ1) is 14.8. The first-order valence-electron chi connectivity index (χ1n) is 6.25. The minimum Gasteiger partial charge on any atom is -0.493 e. The Balaban J connectivity index is 2.88. The Kier molecular flexibility index (Phi) is 6.54. The predicted octanol–water partition coefficient (Wildman–Crippen LogP) is 2.22. The fourth-order valence-electron chi connectivity index (χ4n) is 1.72. The summed E-state index contributed by atoms with van der Waals surface area (Å²) in [6.07, 6.45) is -0.00771. The number of ether oxygens (including phenoxy) is 3. The third-order valence-electron chi connectivity index (χ3n) is 2.57. The van der Waals surface area contributed by atoms with E-state index in [0.717, 1.165) is 30.2 Å². The van der Waals surface area contributed by atoms with Gasteiger partial charge in [0.1, 0.15) is 6.10 Å². The third kappa shape index (κ3) is 4.20. The minimum atomic E-state index is -0.00771. The lowest BCUT2D eigenvalue weighted by Crippen LogP contribution is -2.20. The molecule has 0 aliphatic rings. The second-order valence-corrected chi connectivity index (χ2v) is 4.11. The molecule has 1 aromatic carbocycles. The number of para-hydroxylation sites is 1. The summed E-state index contributed by atoms with van der Waals surface area (Å²) in [5.41, 5.74) is 1.10. The average molecular weight is 253 g/mol. The monoisotopic (exact) mass is 253 g/mol. The van der Waals surface area contributed by atoms with Crippen molar-refractivity contribution in [1.29, 1.82) is 0 Å². The van der Waals surface area contributed by atoms with Crippen LogP contribution in [0.3, 0.4) is 0 Å². The number of nitrogens with one attached hydrogen (secondary N) is 1. The number of benzene rings is 1. The molecule has 0 saturated carbocycles. The Morgan fingerprint density at radius 2 is 2.06 bits per heavy atom. The largest absolute Gasteiger partial charge is 0.493 e. The van der Waals surface area contributed by atoms with Crippen LogP contribution in [0.1, 0.15) is 19.4 Å². The molecule has 0 fully saturated rings. The van der Waals surface area contributed by atoms with Gasteiger partial charge in [0.15, 0.2) is 11.5 Å². The van der Waals surface area contributed by atoms with Crippen molar-refractivity contribution in [2.45, 2.75) is 26.5 Å². The van der Waals surface area contributed by atoms with Crippen LogP contribution in [0.25, 0.3) is 0 Å². The summed E-state index contributed by atoms with van der Waals surface area (Å²) >= 11 is 0. The highest BCUT2D eigenvalue weighted by Crippen LogP contribution is 2.31. The zero-order valence-corrected chi connectivity index (χ0v) is 11.7. The lowest BCUT2D eigenvalue weighted by molar-refractivity contribution is 0.0892. The maximum absolute atomic E-state index is 5.91. The van der Waals surface area contributed by atoms with Gasteiger partial charge >= 0.3 is 0 Å². The highest BCUT2D eigenvalue weighted by atomic mass is 16.5. The van der Waals surface area contributed by atoms with E-state index in [0.29, 0.717) is 6.61 Å². The first-order valence-corrected chi connectivity index (χ1v) is 6.25. The van der Waals surface area contributed by atoms with Crippen LogP contribution in [-0.2, 0) is 11.3 Å². The summed E-state index contributed by atoms with van der Waals surface area (Å²) in [5.74, 6) is 1.55. The van der Waals surface area contributed by atoms with Gasteiger partial charge in [0.2, 0.25) is 0 Å². The Hall–Kier alpha value is -1.26. The molecule has 0 bridgehead atoms. The molecule has 4 heteroatoms. The molecule has 0 aliphatic carbocycles. The highest BCUT2D eigenvalue weighted by molar-refractivity contribution is 5.46. The smallest absolute Gasteiger partial charge is 0.166 e. The molecule has 0 saturated heterocycles. The molecular formula is C14H23NO3. The van der Waals surface area contributed by atoms with E-state index in [1.807, 2.05) is 25.1 Å². The van der Waals surface area contributed by atoms with E-state index in [1.54, 1.807) is 14.2 Å². The Morgan fingerprint density at radius 3 is 2.67 bits per heavy atom. The standard InChI is InChI=1S/C14H23NO3/c1-5-15-9-12-7-6-8-13(17-4)14(12)18-11(2)10-16-3/h6-8,11,15H,5,9-10H2,1-4H3. The van der Waals surface area contributed by atoms with E-state index >= 15 is 0 Å². The van der Waals surface area contributed by atoms with Crippen molar-refractivity contribution >= 4 is 0 Å². The van der Waals surface area contributed by atoms with Gasteiger partial charge in [-0.15, -0.1) is 0 Å². The van der Waals surface area contributed by atoms with Crippen molar-refractivity contribution in [1.82, 2.24) is 5.32 Å². The fourth-order valence-corrected chi connectivity index (χ4v) is 1.72. The molecule has 18 heavy (non-hydrogen) atoms. The van der Waals surface area contributed by atoms with Crippen LogP contribution in [0, 0.1) is 0 Å². The van der Waals surface area contributed by atoms with Gasteiger partial charge < -0.3 is 19.5 Å². The second kappa shape index (κ2) is 7.95. The molecule has 0 radical (unpaired) electrons. The summed E-state index contributed by atoms with van der Waals surface area (Å²) in [6.45, 7) is 6.30. The molecular weight excluding hydrogens is 230 g/mol. The van der Waals surface area contributed by atoms with Gasteiger partial charge in [0.25, 0.3) is 0 Å². The number of hydrogen-bond donors (Lipinski definition) is 1. The molecule has 1 atom stereocenters. The first-order chi connectivity index (χ1) is 8.72. The van der Waals surface area contributed by atoms with Crippen LogP contribution in [-0.4, -0.2) is 33.5 Å². The number of methoxy groups -OCH3 is 2. The van der Waals surface area contributed by atoms with Crippen LogP contribution in [0.15, 0.2) is 18.2 Å². The van der Waals surface area contributed by atoms with Gasteiger partial charge in [0, 0.05) is 19.2 Å². The van der Waals surface area contributed by atoms with Crippen LogP contribution in [0.4, 0.5) is 0 Å². The molecule has 1 aromatic rings. The quantitative estimate of drug-likeness (QED) is 0.771. The lowest BCUT2D eigenvalue weighted by Gasteiger charge is -2.19. The average Bonchev–Trinajstić information content (AvgIpc) is 2.37. The topological polar surface area (TPSA) is 39.7 Å². The zero-order valence-electron chi connectivity index (χ0n) is 11.7. The maximum atomic E-state index is 5.91. The zero-order chi connectivity index (χ0) is 13.4. The van der Waals surface area contributed by atoms with Crippen LogP contribution in [0.5, 0.6) is 11.5 Å². The molecule has 1 unspecified atom stereocenters. The van der Waals surface area contributed by atoms with Crippen LogP contribution >= 0.6 is 0 Å². The normalized spacial score (nSPS) is 12.2. The van der Waals surface area contributed by atoms with Crippen molar-refractivity contribution < 1.29 is 14.2 Å². The molecule has 4 nitrogen and oxygen atoms in total. The molecule has 0 heterocycles. The fraction of sp³-hybridized carbons (Fsp3) is 0.571. The highest BCUT2D eigenvalue weighted by Gasteiger charge is 2.13. The lowest BCUT2D eigenvalue weighted by atomic mass is 10.1. The Bertz CT molecular complexity index is 355. The van der Waals surface area contributed by atoms with E-state index in [-0.39, 0.29) is 6.10 Å². The SMILES string of the molecule is CCNCc1cccc(OC)c1OC(C)COC. The molecule has 1 N–H and O–H groups in total. The van der Waals surface area contributed by atoms with E-state index in [2.05, 4.69) is 12.2 Å². The molecule has 0 spiro atoms.